The monoisotopic (exact) mass is 366 g/mol. The van der Waals surface area contributed by atoms with Gasteiger partial charge in [-0.05, 0) is 25.7 Å². The van der Waals surface area contributed by atoms with Crippen molar-refractivity contribution in [3.8, 4) is 0 Å². The summed E-state index contributed by atoms with van der Waals surface area (Å²) >= 11 is 0. The first-order chi connectivity index (χ1) is 11.9. The molecule has 0 bridgehead atoms. The van der Waals surface area contributed by atoms with Crippen molar-refractivity contribution < 1.29 is 19.2 Å². The van der Waals surface area contributed by atoms with Crippen LogP contribution in [0.3, 0.4) is 0 Å². The fraction of sp³-hybridized carbons (Fsp3) is 0.600. The molecule has 26 heavy (non-hydrogen) atoms. The van der Waals surface area contributed by atoms with Crippen molar-refractivity contribution in [2.45, 2.75) is 74.3 Å². The third-order valence-electron chi connectivity index (χ3n) is 3.05. The molecule has 0 aromatic carbocycles. The van der Waals surface area contributed by atoms with Gasteiger partial charge >= 0.3 is 0 Å². The minimum absolute atomic E-state index is 0.0689. The SMILES string of the molecule is C=CC1=C(C)C(=O)N(C(C)CCC(=O)NC=O)C1=O.CC.CC(C)(C)C. The number of hydrogen-bond donors (Lipinski definition) is 1. The summed E-state index contributed by atoms with van der Waals surface area (Å²) in [5.41, 5.74) is 1.17. The topological polar surface area (TPSA) is 83.6 Å². The summed E-state index contributed by atoms with van der Waals surface area (Å²) in [6.45, 7) is 19.5. The molecule has 0 saturated heterocycles. The number of nitrogens with zero attached hydrogens (tertiary/aromatic N) is 1. The van der Waals surface area contributed by atoms with Crippen LogP contribution in [-0.4, -0.2) is 35.1 Å². The van der Waals surface area contributed by atoms with Gasteiger partial charge in [0.25, 0.3) is 11.8 Å². The van der Waals surface area contributed by atoms with Gasteiger partial charge in [0.05, 0.1) is 0 Å². The van der Waals surface area contributed by atoms with Gasteiger partial charge in [0, 0.05) is 23.6 Å². The van der Waals surface area contributed by atoms with Crippen LogP contribution in [0.5, 0.6) is 0 Å². The molecule has 0 aromatic heterocycles. The molecule has 0 spiro atoms. The maximum absolute atomic E-state index is 12.0. The lowest BCUT2D eigenvalue weighted by atomic mass is 10.0. The largest absolute Gasteiger partial charge is 0.299 e. The minimum atomic E-state index is -0.436. The second-order valence-electron chi connectivity index (χ2n) is 7.30. The number of rotatable bonds is 6. The van der Waals surface area contributed by atoms with E-state index in [-0.39, 0.29) is 18.2 Å². The second kappa shape index (κ2) is 12.2. The molecular weight excluding hydrogens is 332 g/mol. The molecule has 1 unspecified atom stereocenters. The summed E-state index contributed by atoms with van der Waals surface area (Å²) in [6, 6.07) is -0.412. The van der Waals surface area contributed by atoms with Crippen LogP contribution in [0.15, 0.2) is 23.8 Å². The Morgan fingerprint density at radius 3 is 2.00 bits per heavy atom. The van der Waals surface area contributed by atoms with Crippen LogP contribution in [0.1, 0.15) is 68.2 Å². The highest BCUT2D eigenvalue weighted by atomic mass is 16.2. The van der Waals surface area contributed by atoms with Crippen LogP contribution in [0, 0.1) is 5.41 Å². The van der Waals surface area contributed by atoms with E-state index < -0.39 is 11.9 Å². The molecule has 1 aliphatic rings. The van der Waals surface area contributed by atoms with Crippen molar-refractivity contribution in [1.29, 1.82) is 0 Å². The van der Waals surface area contributed by atoms with Gasteiger partial charge in [-0.2, -0.15) is 0 Å². The third kappa shape index (κ3) is 9.30. The van der Waals surface area contributed by atoms with Gasteiger partial charge in [0.15, 0.2) is 0 Å². The predicted molar refractivity (Wildman–Crippen MR) is 104 cm³/mol. The van der Waals surface area contributed by atoms with E-state index in [0.29, 0.717) is 29.4 Å². The summed E-state index contributed by atoms with van der Waals surface area (Å²) < 4.78 is 0. The van der Waals surface area contributed by atoms with Crippen molar-refractivity contribution in [3.05, 3.63) is 23.8 Å². The van der Waals surface area contributed by atoms with E-state index in [4.69, 9.17) is 0 Å². The number of carbonyl (C=O) groups excluding carboxylic acids is 4. The van der Waals surface area contributed by atoms with Crippen molar-refractivity contribution in [2.24, 2.45) is 5.41 Å². The van der Waals surface area contributed by atoms with E-state index in [1.54, 1.807) is 13.8 Å². The van der Waals surface area contributed by atoms with Gasteiger partial charge in [-0.3, -0.25) is 29.4 Å². The Morgan fingerprint density at radius 2 is 1.65 bits per heavy atom. The summed E-state index contributed by atoms with van der Waals surface area (Å²) in [5, 5.41) is 2.01. The van der Waals surface area contributed by atoms with Crippen molar-refractivity contribution >= 4 is 24.1 Å². The van der Waals surface area contributed by atoms with E-state index in [2.05, 4.69) is 34.3 Å². The van der Waals surface area contributed by atoms with E-state index in [1.165, 1.54) is 6.08 Å². The van der Waals surface area contributed by atoms with Crippen LogP contribution in [0.25, 0.3) is 0 Å². The molecule has 0 saturated carbocycles. The second-order valence-corrected chi connectivity index (χ2v) is 7.30. The lowest BCUT2D eigenvalue weighted by Gasteiger charge is -2.22. The number of nitrogens with one attached hydrogen (secondary N) is 1. The zero-order valence-electron chi connectivity index (χ0n) is 17.4. The van der Waals surface area contributed by atoms with Crippen LogP contribution < -0.4 is 5.32 Å². The first-order valence-electron chi connectivity index (χ1n) is 8.88. The Bertz CT molecular complexity index is 551. The average Bonchev–Trinajstić information content (AvgIpc) is 2.75. The molecule has 1 atom stereocenters. The lowest BCUT2D eigenvalue weighted by molar-refractivity contribution is -0.140. The molecule has 6 heteroatoms. The molecule has 0 aliphatic carbocycles. The highest BCUT2D eigenvalue weighted by Crippen LogP contribution is 2.24. The first-order valence-corrected chi connectivity index (χ1v) is 8.88. The molecule has 6 nitrogen and oxygen atoms in total. The van der Waals surface area contributed by atoms with E-state index in [1.807, 2.05) is 19.2 Å². The molecule has 1 rings (SSSR count). The van der Waals surface area contributed by atoms with E-state index in [9.17, 15) is 19.2 Å². The van der Waals surface area contributed by atoms with E-state index in [0.717, 1.165) is 4.90 Å². The van der Waals surface area contributed by atoms with Crippen LogP contribution >= 0.6 is 0 Å². The van der Waals surface area contributed by atoms with Crippen molar-refractivity contribution in [2.75, 3.05) is 0 Å². The fourth-order valence-electron chi connectivity index (χ4n) is 1.93. The molecular formula is C20H34N2O4. The minimum Gasteiger partial charge on any atom is -0.299 e. The summed E-state index contributed by atoms with van der Waals surface area (Å²) in [6.07, 6.45) is 2.04. The number of amides is 4. The standard InChI is InChI=1S/C13H16N2O4.C5H12.C2H6/c1-4-10-9(3)12(18)15(13(10)19)8(2)5-6-11(17)14-7-16;1-5(2,3)4;1-2/h4,7-8H,1,5-6H2,2-3H3,(H,14,16,17);1-4H3;1-2H3. The predicted octanol–water partition coefficient (Wildman–Crippen LogP) is 3.38. The Hall–Kier alpha value is -2.24. The number of carbonyl (C=O) groups is 4. The third-order valence-corrected chi connectivity index (χ3v) is 3.05. The molecule has 148 valence electrons. The smallest absolute Gasteiger partial charge is 0.261 e. The van der Waals surface area contributed by atoms with Crippen LogP contribution in [-0.2, 0) is 19.2 Å². The van der Waals surface area contributed by atoms with Gasteiger partial charge in [0.1, 0.15) is 0 Å². The molecule has 0 fully saturated rings. The molecule has 4 amide bonds. The highest BCUT2D eigenvalue weighted by Gasteiger charge is 2.37. The maximum Gasteiger partial charge on any atom is 0.261 e. The Labute approximate surface area is 157 Å². The van der Waals surface area contributed by atoms with Gasteiger partial charge in [-0.15, -0.1) is 0 Å². The molecule has 1 heterocycles. The average molecular weight is 367 g/mol. The lowest BCUT2D eigenvalue weighted by Crippen LogP contribution is -2.40. The van der Waals surface area contributed by atoms with Gasteiger partial charge < -0.3 is 0 Å². The highest BCUT2D eigenvalue weighted by molar-refractivity contribution is 6.20. The number of hydrogen-bond acceptors (Lipinski definition) is 4. The summed E-state index contributed by atoms with van der Waals surface area (Å²) in [7, 11) is 0. The van der Waals surface area contributed by atoms with Gasteiger partial charge in [0.2, 0.25) is 12.3 Å². The zero-order chi connectivity index (χ0) is 21.1. The molecule has 1 N–H and O–H groups in total. The summed E-state index contributed by atoms with van der Waals surface area (Å²) in [5.74, 6) is -1.18. The molecule has 0 aromatic rings. The Balaban J connectivity index is 0. The molecule has 1 aliphatic heterocycles. The van der Waals surface area contributed by atoms with Crippen LogP contribution in [0.4, 0.5) is 0 Å². The van der Waals surface area contributed by atoms with Gasteiger partial charge in [-0.25, -0.2) is 0 Å². The van der Waals surface area contributed by atoms with Crippen LogP contribution in [0.2, 0.25) is 0 Å². The Kier molecular flexibility index (Phi) is 12.2. The maximum atomic E-state index is 12.0. The quantitative estimate of drug-likeness (QED) is 0.577. The van der Waals surface area contributed by atoms with E-state index >= 15 is 0 Å². The normalized spacial score (nSPS) is 14.7. The Morgan fingerprint density at radius 1 is 1.19 bits per heavy atom. The molecule has 0 radical (unpaired) electrons. The fourth-order valence-corrected chi connectivity index (χ4v) is 1.93. The van der Waals surface area contributed by atoms with Crippen molar-refractivity contribution in [3.63, 3.8) is 0 Å². The summed E-state index contributed by atoms with van der Waals surface area (Å²) in [4.78, 5) is 46.3. The van der Waals surface area contributed by atoms with Crippen molar-refractivity contribution in [1.82, 2.24) is 10.2 Å². The number of imide groups is 2. The first kappa shape index (κ1) is 26.0. The zero-order valence-corrected chi connectivity index (χ0v) is 17.4. The van der Waals surface area contributed by atoms with Gasteiger partial charge in [-0.1, -0.05) is 54.2 Å².